The molecular formula is C19H15Cl2N5O3. The van der Waals surface area contributed by atoms with Crippen molar-refractivity contribution in [3.05, 3.63) is 64.4 Å². The van der Waals surface area contributed by atoms with Gasteiger partial charge in [0.05, 0.1) is 12.5 Å². The Labute approximate surface area is 175 Å². The number of ether oxygens (including phenoxy) is 1. The lowest BCUT2D eigenvalue weighted by Gasteiger charge is -2.24. The van der Waals surface area contributed by atoms with Gasteiger partial charge in [-0.15, -0.1) is 0 Å². The maximum Gasteiger partial charge on any atom is 0.262 e. The number of amides is 2. The number of carbonyl (C=O) groups excluding carboxylic acids is 2. The lowest BCUT2D eigenvalue weighted by molar-refractivity contribution is -0.118. The van der Waals surface area contributed by atoms with Crippen LogP contribution in [0.1, 0.15) is 18.0 Å². The quantitative estimate of drug-likeness (QED) is 0.643. The minimum atomic E-state index is -0.357. The van der Waals surface area contributed by atoms with Gasteiger partial charge in [-0.05, 0) is 35.9 Å². The van der Waals surface area contributed by atoms with Crippen molar-refractivity contribution in [2.45, 2.75) is 12.5 Å². The molecule has 0 fully saturated rings. The number of anilines is 2. The summed E-state index contributed by atoms with van der Waals surface area (Å²) in [6, 6.07) is 11.6. The highest BCUT2D eigenvalue weighted by atomic mass is 35.5. The molecule has 0 spiro atoms. The maximum atomic E-state index is 12.2. The summed E-state index contributed by atoms with van der Waals surface area (Å²) in [6.45, 7) is -0.201. The van der Waals surface area contributed by atoms with E-state index in [1.807, 2.05) is 6.07 Å². The lowest BCUT2D eigenvalue weighted by atomic mass is 10.0. The molecule has 1 aliphatic heterocycles. The van der Waals surface area contributed by atoms with Crippen LogP contribution in [0.15, 0.2) is 48.8 Å². The first kappa shape index (κ1) is 19.2. The molecule has 148 valence electrons. The second-order valence-electron chi connectivity index (χ2n) is 6.36. The molecule has 2 aromatic carbocycles. The first-order valence-electron chi connectivity index (χ1n) is 8.66. The highest BCUT2D eigenvalue weighted by molar-refractivity contribution is 6.35. The second-order valence-corrected chi connectivity index (χ2v) is 7.24. The number of benzene rings is 2. The van der Waals surface area contributed by atoms with Crippen LogP contribution in [-0.4, -0.2) is 33.2 Å². The van der Waals surface area contributed by atoms with Crippen LogP contribution < -0.4 is 15.4 Å². The summed E-state index contributed by atoms with van der Waals surface area (Å²) in [7, 11) is 0. The molecule has 0 unspecified atom stereocenters. The molecular weight excluding hydrogens is 417 g/mol. The maximum absolute atomic E-state index is 12.2. The molecule has 0 aliphatic carbocycles. The fraction of sp³-hybridized carbons (Fsp3) is 0.158. The fourth-order valence-corrected chi connectivity index (χ4v) is 3.57. The number of halogens is 2. The molecule has 2 amide bonds. The van der Waals surface area contributed by atoms with E-state index in [0.717, 1.165) is 5.56 Å². The van der Waals surface area contributed by atoms with Gasteiger partial charge >= 0.3 is 0 Å². The van der Waals surface area contributed by atoms with Gasteiger partial charge in [0.1, 0.15) is 12.1 Å². The first-order valence-corrected chi connectivity index (χ1v) is 9.41. The Hall–Kier alpha value is -3.10. The summed E-state index contributed by atoms with van der Waals surface area (Å²) in [4.78, 5) is 28.1. The molecule has 0 saturated carbocycles. The number of carbonyl (C=O) groups is 2. The Morgan fingerprint density at radius 2 is 2.03 bits per heavy atom. The second kappa shape index (κ2) is 8.10. The van der Waals surface area contributed by atoms with Crippen molar-refractivity contribution >= 4 is 46.7 Å². The molecule has 1 aliphatic rings. The van der Waals surface area contributed by atoms with E-state index in [1.165, 1.54) is 6.33 Å². The van der Waals surface area contributed by atoms with Gasteiger partial charge in [-0.3, -0.25) is 14.9 Å². The molecule has 0 bridgehead atoms. The van der Waals surface area contributed by atoms with E-state index in [4.69, 9.17) is 27.9 Å². The normalized spacial score (nSPS) is 15.4. The van der Waals surface area contributed by atoms with Gasteiger partial charge in [-0.2, -0.15) is 10.1 Å². The molecule has 10 heteroatoms. The van der Waals surface area contributed by atoms with Gasteiger partial charge in [0, 0.05) is 15.7 Å². The third kappa shape index (κ3) is 4.49. The number of nitrogens with zero attached hydrogens (tertiary/aromatic N) is 3. The van der Waals surface area contributed by atoms with Crippen LogP contribution in [0.3, 0.4) is 0 Å². The van der Waals surface area contributed by atoms with Crippen molar-refractivity contribution in [2.24, 2.45) is 0 Å². The van der Waals surface area contributed by atoms with Crippen LogP contribution in [0.4, 0.5) is 11.6 Å². The van der Waals surface area contributed by atoms with E-state index in [1.54, 1.807) is 41.1 Å². The Morgan fingerprint density at radius 1 is 1.24 bits per heavy atom. The first-order chi connectivity index (χ1) is 14.0. The Bertz CT molecular complexity index is 1060. The number of hydrogen-bond acceptors (Lipinski definition) is 5. The molecule has 8 nitrogen and oxygen atoms in total. The Morgan fingerprint density at radius 3 is 2.83 bits per heavy atom. The smallest absolute Gasteiger partial charge is 0.262 e. The van der Waals surface area contributed by atoms with Gasteiger partial charge in [0.15, 0.2) is 6.61 Å². The van der Waals surface area contributed by atoms with Gasteiger partial charge in [-0.1, -0.05) is 35.3 Å². The zero-order valence-electron chi connectivity index (χ0n) is 14.9. The van der Waals surface area contributed by atoms with E-state index in [2.05, 4.69) is 20.7 Å². The summed E-state index contributed by atoms with van der Waals surface area (Å²) in [6.07, 6.45) is 1.62. The van der Waals surface area contributed by atoms with Crippen molar-refractivity contribution in [3.8, 4) is 5.75 Å². The van der Waals surface area contributed by atoms with Crippen LogP contribution in [0.2, 0.25) is 10.0 Å². The van der Waals surface area contributed by atoms with Gasteiger partial charge in [-0.25, -0.2) is 4.68 Å². The lowest BCUT2D eigenvalue weighted by Crippen LogP contribution is -2.29. The van der Waals surface area contributed by atoms with E-state index < -0.39 is 0 Å². The third-order valence-electron chi connectivity index (χ3n) is 4.26. The van der Waals surface area contributed by atoms with Crippen molar-refractivity contribution < 1.29 is 14.3 Å². The van der Waals surface area contributed by atoms with Gasteiger partial charge in [0.25, 0.3) is 5.91 Å². The third-order valence-corrected chi connectivity index (χ3v) is 4.69. The fourth-order valence-electron chi connectivity index (χ4n) is 3.05. The van der Waals surface area contributed by atoms with E-state index in [0.29, 0.717) is 27.4 Å². The Balaban J connectivity index is 1.43. The van der Waals surface area contributed by atoms with Crippen LogP contribution >= 0.6 is 23.2 Å². The molecule has 0 saturated heterocycles. The van der Waals surface area contributed by atoms with Crippen molar-refractivity contribution in [1.29, 1.82) is 0 Å². The molecule has 4 rings (SSSR count). The summed E-state index contributed by atoms with van der Waals surface area (Å²) >= 11 is 11.9. The minimum Gasteiger partial charge on any atom is -0.484 e. The van der Waals surface area contributed by atoms with Crippen LogP contribution in [0.25, 0.3) is 0 Å². The summed E-state index contributed by atoms with van der Waals surface area (Å²) in [5, 5.41) is 10.4. The van der Waals surface area contributed by atoms with Crippen molar-refractivity contribution in [3.63, 3.8) is 0 Å². The number of fused-ring (bicyclic) bond motifs is 1. The van der Waals surface area contributed by atoms with Crippen molar-refractivity contribution in [1.82, 2.24) is 14.8 Å². The predicted molar refractivity (Wildman–Crippen MR) is 108 cm³/mol. The van der Waals surface area contributed by atoms with Crippen LogP contribution in [0, 0.1) is 0 Å². The zero-order valence-corrected chi connectivity index (χ0v) is 16.4. The van der Waals surface area contributed by atoms with Gasteiger partial charge in [0.2, 0.25) is 11.9 Å². The average Bonchev–Trinajstić information content (AvgIpc) is 3.13. The standard InChI is InChI=1S/C19H15Cl2N5O3/c20-12-5-13(21)7-14(6-12)24-18(28)9-29-15-3-1-2-11(4-15)16-8-17(27)25-19-22-10-23-26(16)19/h1-7,10,16H,8-9H2,(H,24,28)(H,22,23,25,27)/t16-/m0/s1. The van der Waals surface area contributed by atoms with E-state index in [-0.39, 0.29) is 30.9 Å². The topological polar surface area (TPSA) is 98.1 Å². The van der Waals surface area contributed by atoms with Crippen LogP contribution in [-0.2, 0) is 9.59 Å². The molecule has 3 aromatic rings. The highest BCUT2D eigenvalue weighted by Gasteiger charge is 2.27. The summed E-state index contributed by atoms with van der Waals surface area (Å²) < 4.78 is 7.25. The van der Waals surface area contributed by atoms with E-state index in [9.17, 15) is 9.59 Å². The summed E-state index contributed by atoms with van der Waals surface area (Å²) in [5.74, 6) is 0.400. The molecule has 29 heavy (non-hydrogen) atoms. The monoisotopic (exact) mass is 431 g/mol. The SMILES string of the molecule is O=C(COc1cccc([C@@H]2CC(=O)Nc3ncnn32)c1)Nc1cc(Cl)cc(Cl)c1. The molecule has 2 N–H and O–H groups in total. The number of aromatic nitrogens is 3. The molecule has 0 radical (unpaired) electrons. The minimum absolute atomic E-state index is 0.138. The average molecular weight is 432 g/mol. The van der Waals surface area contributed by atoms with Gasteiger partial charge < -0.3 is 10.1 Å². The number of nitrogens with one attached hydrogen (secondary N) is 2. The number of hydrogen-bond donors (Lipinski definition) is 2. The molecule has 1 aromatic heterocycles. The molecule has 1 atom stereocenters. The van der Waals surface area contributed by atoms with E-state index >= 15 is 0 Å². The largest absolute Gasteiger partial charge is 0.484 e. The summed E-state index contributed by atoms with van der Waals surface area (Å²) in [5.41, 5.74) is 1.31. The predicted octanol–water partition coefficient (Wildman–Crippen LogP) is 3.53. The van der Waals surface area contributed by atoms with Crippen molar-refractivity contribution in [2.75, 3.05) is 17.2 Å². The highest BCUT2D eigenvalue weighted by Crippen LogP contribution is 2.30. The molecule has 2 heterocycles. The number of rotatable bonds is 5. The zero-order chi connectivity index (χ0) is 20.4. The van der Waals surface area contributed by atoms with Crippen LogP contribution in [0.5, 0.6) is 5.75 Å². The Kier molecular flexibility index (Phi) is 5.37.